The van der Waals surface area contributed by atoms with Crippen molar-refractivity contribution in [3.05, 3.63) is 263 Å². The number of rotatable bonds is 12. The average Bonchev–Trinajstić information content (AvgIpc) is 0.933. The van der Waals surface area contributed by atoms with Crippen molar-refractivity contribution in [3.63, 3.8) is 0 Å². The molecule has 8 aromatic carbocycles. The summed E-state index contributed by atoms with van der Waals surface area (Å²) in [4.78, 5) is 0. The molecule has 2 heterocycles. The van der Waals surface area contributed by atoms with Crippen molar-refractivity contribution in [2.75, 3.05) is 26.4 Å². The molecule has 0 radical (unpaired) electrons. The number of hydrogen-bond donors (Lipinski definition) is 0. The molecule has 10 nitrogen and oxygen atoms in total. The van der Waals surface area contributed by atoms with Gasteiger partial charge in [0.25, 0.3) is 0 Å². The van der Waals surface area contributed by atoms with Crippen molar-refractivity contribution in [2.24, 2.45) is 19.0 Å². The second kappa shape index (κ2) is 41.9. The maximum Gasteiger partial charge on any atom is 2.00 e. The van der Waals surface area contributed by atoms with Crippen LogP contribution in [0.2, 0.25) is 0 Å². The van der Waals surface area contributed by atoms with E-state index in [1.165, 1.54) is 68.1 Å². The molecule has 8 aromatic rings. The van der Waals surface area contributed by atoms with Crippen LogP contribution >= 0.6 is 28.8 Å². The average molecular weight is 1560 g/mol. The molecule has 2 saturated heterocycles. The molecule has 0 saturated carbocycles. The minimum atomic E-state index is -2.19. The van der Waals surface area contributed by atoms with E-state index in [1.807, 2.05) is 0 Å². The van der Waals surface area contributed by atoms with Crippen LogP contribution in [0.4, 0.5) is 0 Å². The first kappa shape index (κ1) is 93.7. The summed E-state index contributed by atoms with van der Waals surface area (Å²) in [6.45, 7) is 55.8. The van der Waals surface area contributed by atoms with Crippen molar-refractivity contribution >= 4 is 71.3 Å². The van der Waals surface area contributed by atoms with Gasteiger partial charge >= 0.3 is 34.7 Å². The van der Waals surface area contributed by atoms with E-state index in [9.17, 15) is 0 Å². The van der Waals surface area contributed by atoms with Crippen molar-refractivity contribution < 1.29 is 44.2 Å². The van der Waals surface area contributed by atoms with Gasteiger partial charge in [0, 0.05) is 48.6 Å². The van der Waals surface area contributed by atoms with E-state index >= 15 is 0 Å². The number of nitrogens with zero attached hydrogens (tertiary/aromatic N) is 8. The van der Waals surface area contributed by atoms with Gasteiger partial charge in [-0.3, -0.25) is 0 Å². The minimum absolute atomic E-state index is 0. The molecule has 2 aliphatic heterocycles. The van der Waals surface area contributed by atoms with Crippen molar-refractivity contribution in [2.45, 2.75) is 236 Å². The zero-order valence-electron chi connectivity index (χ0n) is 67.8. The van der Waals surface area contributed by atoms with Crippen molar-refractivity contribution in [1.82, 2.24) is 0 Å². The van der Waals surface area contributed by atoms with Gasteiger partial charge in [-0.05, 0) is 151 Å². The summed E-state index contributed by atoms with van der Waals surface area (Å²) in [6.07, 6.45) is 5.11. The molecule has 0 unspecified atom stereocenters. The van der Waals surface area contributed by atoms with Gasteiger partial charge in [0.2, 0.25) is 0 Å². The second-order valence-corrected chi connectivity index (χ2v) is 44.4. The Kier molecular flexibility index (Phi) is 37.8. The largest absolute Gasteiger partial charge is 2.00 e. The normalized spacial score (nSPS) is 13.8. The Bertz CT molecular complexity index is 3220. The molecule has 0 N–H and O–H groups in total. The fourth-order valence-corrected chi connectivity index (χ4v) is 26.1. The summed E-state index contributed by atoms with van der Waals surface area (Å²) in [5.41, 5.74) is -1.27. The van der Waals surface area contributed by atoms with Gasteiger partial charge in [-0.1, -0.05) is 355 Å². The summed E-state index contributed by atoms with van der Waals surface area (Å²) in [5.74, 6) is 0. The first-order chi connectivity index (χ1) is 47.5. The molecule has 0 bridgehead atoms. The molecule has 0 amide bonds. The van der Waals surface area contributed by atoms with Crippen molar-refractivity contribution in [3.8, 4) is 0 Å². The molecular formula is C88H128Cr2N8O2P4. The quantitative estimate of drug-likeness (QED) is 0.113. The summed E-state index contributed by atoms with van der Waals surface area (Å²) in [5, 5.41) is 31.0. The minimum Gasteiger partial charge on any atom is -0.609 e. The Morgan fingerprint density at radius 2 is 0.327 bits per heavy atom. The maximum atomic E-state index is 5.31. The third-order valence-corrected chi connectivity index (χ3v) is 29.4. The van der Waals surface area contributed by atoms with Gasteiger partial charge in [0.15, 0.2) is 0 Å². The molecule has 104 heavy (non-hydrogen) atoms. The third-order valence-electron chi connectivity index (χ3n) is 14.1. The third kappa shape index (κ3) is 33.2. The van der Waals surface area contributed by atoms with Gasteiger partial charge in [0.05, 0.1) is 0 Å². The fraction of sp³-hybridized carbons (Fsp3) is 0.455. The van der Waals surface area contributed by atoms with Gasteiger partial charge in [0.1, 0.15) is 0 Å². The zero-order chi connectivity index (χ0) is 75.6. The summed E-state index contributed by atoms with van der Waals surface area (Å²) in [6, 6.07) is 84.6. The Morgan fingerprint density at radius 3 is 0.404 bits per heavy atom. The maximum absolute atomic E-state index is 5.31. The Hall–Kier alpha value is -4.50. The number of hydrogen-bond acceptors (Lipinski definition) is 6. The van der Waals surface area contributed by atoms with E-state index in [4.69, 9.17) is 48.8 Å². The molecule has 10 rings (SSSR count). The van der Waals surface area contributed by atoms with Crippen LogP contribution < -0.4 is 42.4 Å². The van der Waals surface area contributed by atoms with E-state index in [0.29, 0.717) is 0 Å². The molecule has 0 aromatic heterocycles. The van der Waals surface area contributed by atoms with Crippen molar-refractivity contribution in [1.29, 1.82) is 0 Å². The first-order valence-corrected chi connectivity index (χ1v) is 43.4. The van der Waals surface area contributed by atoms with Crippen LogP contribution in [0, 0.1) is 0 Å². The van der Waals surface area contributed by atoms with Gasteiger partial charge in [-0.15, -0.1) is 22.2 Å². The van der Waals surface area contributed by atoms with Crippen LogP contribution in [0.15, 0.2) is 262 Å². The van der Waals surface area contributed by atoms with Gasteiger partial charge in [-0.25, -0.2) is 0 Å². The Labute approximate surface area is 655 Å². The molecule has 16 heteroatoms. The molecule has 564 valence electrons. The number of benzene rings is 8. The van der Waals surface area contributed by atoms with Crippen LogP contribution in [-0.2, 0) is 44.2 Å². The van der Waals surface area contributed by atoms with Gasteiger partial charge < -0.3 is 48.8 Å². The summed E-state index contributed by atoms with van der Waals surface area (Å²) >= 11 is 0. The first-order valence-electron chi connectivity index (χ1n) is 36.6. The number of ether oxygens (including phenoxy) is 2. The SMILES string of the molecule is C1CCOC1.C1CCOC1.CC(C)(C)N=P([N-]C(C)(C)C)(c1ccccc1)c1ccccc1.CC(C)(C)N=P([N-]C(C)(C)C)(c1ccccc1)c1ccccc1.CC(C)(C)N=P([N-]C(C)(C)C)(c1ccccc1)c1ccccc1.CC(C)(C)N=P([N-]C(C)(C)C)(c1ccccc1)c1ccccc1.[Cr+2].[Cr+2]. The molecule has 0 spiro atoms. The Balaban J connectivity index is 0.000000341. The van der Waals surface area contributed by atoms with Crippen LogP contribution in [0.1, 0.15) is 192 Å². The molecule has 0 atom stereocenters. The van der Waals surface area contributed by atoms with Gasteiger partial charge in [-0.2, -0.15) is 0 Å². The van der Waals surface area contributed by atoms with E-state index in [0.717, 1.165) is 26.4 Å². The molecule has 2 fully saturated rings. The van der Waals surface area contributed by atoms with E-state index in [-0.39, 0.29) is 79.0 Å². The molecular weight excluding hydrogens is 1430 g/mol. The van der Waals surface area contributed by atoms with E-state index < -0.39 is 28.8 Å². The van der Waals surface area contributed by atoms with Crippen LogP contribution in [-0.4, -0.2) is 70.7 Å². The monoisotopic (exact) mass is 1560 g/mol. The smallest absolute Gasteiger partial charge is 0.609 e. The Morgan fingerprint density at radius 1 is 0.212 bits per heavy atom. The predicted molar refractivity (Wildman–Crippen MR) is 458 cm³/mol. The van der Waals surface area contributed by atoms with E-state index in [1.54, 1.807) is 0 Å². The van der Waals surface area contributed by atoms with Crippen LogP contribution in [0.5, 0.6) is 0 Å². The summed E-state index contributed by atoms with van der Waals surface area (Å²) in [7, 11) is -8.78. The van der Waals surface area contributed by atoms with Crippen LogP contribution in [0.25, 0.3) is 20.3 Å². The van der Waals surface area contributed by atoms with E-state index in [2.05, 4.69) is 409 Å². The molecule has 0 aliphatic carbocycles. The predicted octanol–water partition coefficient (Wildman–Crippen LogP) is 24.5. The standard InChI is InChI=1S/4C20H28N2P.2C4H8O.2Cr/c4*1-19(2,3)21-23(22-20(4,5)6,17-13-9-7-10-14-17)18-15-11-8-12-16-18;2*1-2-4-5-3-1;;/h4*7-16H,1-6H3;2*1-4H2;;/q4*-1;;;2*+2. The second-order valence-electron chi connectivity index (χ2n) is 33.9. The zero-order valence-corrected chi connectivity index (χ0v) is 73.9. The fourth-order valence-electron chi connectivity index (χ4n) is 11.2. The van der Waals surface area contributed by atoms with Crippen LogP contribution in [0.3, 0.4) is 0 Å². The topological polar surface area (TPSA) is 124 Å². The molecule has 2 aliphatic rings. The summed E-state index contributed by atoms with van der Waals surface area (Å²) < 4.78 is 31.1.